The Hall–Kier alpha value is -0.860. The molecule has 2 nitrogen and oxygen atoms in total. The third kappa shape index (κ3) is 2.76. The molecule has 2 rings (SSSR count). The van der Waals surface area contributed by atoms with Crippen LogP contribution in [-0.2, 0) is 11.2 Å². The van der Waals surface area contributed by atoms with Gasteiger partial charge in [0.2, 0.25) is 0 Å². The summed E-state index contributed by atoms with van der Waals surface area (Å²) >= 11 is 0. The average molecular weight is 247 g/mol. The zero-order valence-electron chi connectivity index (χ0n) is 11.8. The second-order valence-electron chi connectivity index (χ2n) is 5.51. The van der Waals surface area contributed by atoms with E-state index in [0.717, 1.165) is 6.42 Å². The highest BCUT2D eigenvalue weighted by Crippen LogP contribution is 2.36. The minimum Gasteiger partial charge on any atom is -0.377 e. The Morgan fingerprint density at radius 1 is 1.33 bits per heavy atom. The molecule has 1 aromatic carbocycles. The van der Waals surface area contributed by atoms with Crippen LogP contribution >= 0.6 is 0 Å². The molecule has 0 aliphatic heterocycles. The molecule has 1 aliphatic carbocycles. The van der Waals surface area contributed by atoms with Gasteiger partial charge in [0, 0.05) is 13.2 Å². The molecule has 0 heterocycles. The van der Waals surface area contributed by atoms with Crippen molar-refractivity contribution in [3.63, 3.8) is 0 Å². The first-order valence-electron chi connectivity index (χ1n) is 6.98. The molecule has 0 amide bonds. The normalized spacial score (nSPS) is 19.9. The fourth-order valence-corrected chi connectivity index (χ4v) is 3.29. The van der Waals surface area contributed by atoms with E-state index in [0.29, 0.717) is 6.04 Å². The molecule has 1 atom stereocenters. The summed E-state index contributed by atoms with van der Waals surface area (Å²) in [5.74, 6) is 0. The maximum absolute atomic E-state index is 5.89. The zero-order valence-corrected chi connectivity index (χ0v) is 11.8. The van der Waals surface area contributed by atoms with Crippen LogP contribution in [0, 0.1) is 6.92 Å². The van der Waals surface area contributed by atoms with Crippen LogP contribution in [0.1, 0.15) is 36.8 Å². The molecule has 0 aromatic heterocycles. The maximum atomic E-state index is 5.89. The third-order valence-electron chi connectivity index (χ3n) is 4.36. The van der Waals surface area contributed by atoms with Gasteiger partial charge in [-0.2, -0.15) is 0 Å². The van der Waals surface area contributed by atoms with Gasteiger partial charge in [-0.1, -0.05) is 42.7 Å². The molecule has 1 aliphatic rings. The number of hydrogen-bond acceptors (Lipinski definition) is 2. The van der Waals surface area contributed by atoms with Gasteiger partial charge in [0.05, 0.1) is 5.60 Å². The maximum Gasteiger partial charge on any atom is 0.0834 e. The Balaban J connectivity index is 2.13. The van der Waals surface area contributed by atoms with Gasteiger partial charge in [-0.15, -0.1) is 0 Å². The number of benzene rings is 1. The predicted molar refractivity (Wildman–Crippen MR) is 75.9 cm³/mol. The average Bonchev–Trinajstić information content (AvgIpc) is 2.86. The van der Waals surface area contributed by atoms with Crippen molar-refractivity contribution < 1.29 is 4.74 Å². The number of hydrogen-bond donors (Lipinski definition) is 1. The lowest BCUT2D eigenvalue weighted by Gasteiger charge is -2.36. The molecule has 1 fully saturated rings. The van der Waals surface area contributed by atoms with Crippen molar-refractivity contribution in [3.05, 3.63) is 35.4 Å². The van der Waals surface area contributed by atoms with E-state index < -0.39 is 0 Å². The molecular formula is C16H25NO. The summed E-state index contributed by atoms with van der Waals surface area (Å²) in [6, 6.07) is 9.20. The van der Waals surface area contributed by atoms with E-state index in [1.54, 1.807) is 0 Å². The van der Waals surface area contributed by atoms with Gasteiger partial charge in [0.1, 0.15) is 0 Å². The minimum atomic E-state index is 0.0402. The quantitative estimate of drug-likeness (QED) is 0.863. The second kappa shape index (κ2) is 5.85. The van der Waals surface area contributed by atoms with E-state index in [9.17, 15) is 0 Å². The van der Waals surface area contributed by atoms with Gasteiger partial charge < -0.3 is 10.1 Å². The summed E-state index contributed by atoms with van der Waals surface area (Å²) < 4.78 is 5.89. The van der Waals surface area contributed by atoms with E-state index in [4.69, 9.17) is 4.74 Å². The molecule has 1 aromatic rings. The lowest BCUT2D eigenvalue weighted by atomic mass is 9.87. The van der Waals surface area contributed by atoms with Gasteiger partial charge in [-0.05, 0) is 38.8 Å². The summed E-state index contributed by atoms with van der Waals surface area (Å²) in [5.41, 5.74) is 2.77. The third-order valence-corrected chi connectivity index (χ3v) is 4.36. The first-order chi connectivity index (χ1) is 8.70. The smallest absolute Gasteiger partial charge is 0.0834 e. The van der Waals surface area contributed by atoms with Crippen molar-refractivity contribution in [3.8, 4) is 0 Å². The first-order valence-corrected chi connectivity index (χ1v) is 6.98. The molecule has 0 spiro atoms. The van der Waals surface area contributed by atoms with Crippen LogP contribution in [0.2, 0.25) is 0 Å². The van der Waals surface area contributed by atoms with Crippen molar-refractivity contribution in [2.75, 3.05) is 14.2 Å². The zero-order chi connectivity index (χ0) is 13.0. The molecule has 2 heteroatoms. The Bertz CT molecular complexity index is 382. The van der Waals surface area contributed by atoms with Gasteiger partial charge in [0.15, 0.2) is 0 Å². The summed E-state index contributed by atoms with van der Waals surface area (Å²) in [5, 5.41) is 3.48. The molecule has 1 N–H and O–H groups in total. The summed E-state index contributed by atoms with van der Waals surface area (Å²) in [4.78, 5) is 0. The van der Waals surface area contributed by atoms with Crippen molar-refractivity contribution >= 4 is 0 Å². The molecule has 0 radical (unpaired) electrons. The number of aryl methyl sites for hydroxylation is 1. The van der Waals surface area contributed by atoms with E-state index in [1.807, 2.05) is 7.11 Å². The first kappa shape index (κ1) is 13.6. The predicted octanol–water partition coefficient (Wildman–Crippen LogP) is 3.08. The monoisotopic (exact) mass is 247 g/mol. The fraction of sp³-hybridized carbons (Fsp3) is 0.625. The second-order valence-corrected chi connectivity index (χ2v) is 5.51. The molecule has 0 saturated heterocycles. The fourth-order valence-electron chi connectivity index (χ4n) is 3.29. The van der Waals surface area contributed by atoms with E-state index in [-0.39, 0.29) is 5.60 Å². The van der Waals surface area contributed by atoms with E-state index in [1.165, 1.54) is 36.8 Å². The van der Waals surface area contributed by atoms with Crippen molar-refractivity contribution in [2.24, 2.45) is 0 Å². The van der Waals surface area contributed by atoms with Crippen LogP contribution in [0.15, 0.2) is 24.3 Å². The SMILES string of the molecule is CNC(Cc1cccc(C)c1)C1(OC)CCCC1. The van der Waals surface area contributed by atoms with Crippen molar-refractivity contribution in [1.82, 2.24) is 5.32 Å². The topological polar surface area (TPSA) is 21.3 Å². The minimum absolute atomic E-state index is 0.0402. The lowest BCUT2D eigenvalue weighted by molar-refractivity contribution is -0.0336. The highest BCUT2D eigenvalue weighted by molar-refractivity contribution is 5.23. The molecule has 1 saturated carbocycles. The van der Waals surface area contributed by atoms with Gasteiger partial charge in [-0.3, -0.25) is 0 Å². The number of rotatable bonds is 5. The van der Waals surface area contributed by atoms with Gasteiger partial charge >= 0.3 is 0 Å². The number of ether oxygens (including phenoxy) is 1. The van der Waals surface area contributed by atoms with E-state index in [2.05, 4.69) is 43.6 Å². The van der Waals surface area contributed by atoms with Crippen molar-refractivity contribution in [2.45, 2.75) is 50.7 Å². The Labute approximate surface area is 111 Å². The summed E-state index contributed by atoms with van der Waals surface area (Å²) in [6.07, 6.45) is 5.99. The molecule has 100 valence electrons. The summed E-state index contributed by atoms with van der Waals surface area (Å²) in [7, 11) is 3.92. The number of nitrogens with one attached hydrogen (secondary N) is 1. The Kier molecular flexibility index (Phi) is 4.41. The Morgan fingerprint density at radius 3 is 2.61 bits per heavy atom. The Morgan fingerprint density at radius 2 is 2.06 bits per heavy atom. The molecule has 18 heavy (non-hydrogen) atoms. The van der Waals surface area contributed by atoms with Crippen LogP contribution in [0.4, 0.5) is 0 Å². The van der Waals surface area contributed by atoms with Gasteiger partial charge in [-0.25, -0.2) is 0 Å². The van der Waals surface area contributed by atoms with E-state index >= 15 is 0 Å². The largest absolute Gasteiger partial charge is 0.377 e. The summed E-state index contributed by atoms with van der Waals surface area (Å²) in [6.45, 7) is 2.15. The highest BCUT2D eigenvalue weighted by atomic mass is 16.5. The number of likely N-dealkylation sites (N-methyl/N-ethyl adjacent to an activating group) is 1. The molecular weight excluding hydrogens is 222 g/mol. The van der Waals surface area contributed by atoms with Crippen LogP contribution in [-0.4, -0.2) is 25.8 Å². The van der Waals surface area contributed by atoms with Crippen molar-refractivity contribution in [1.29, 1.82) is 0 Å². The lowest BCUT2D eigenvalue weighted by Crippen LogP contribution is -2.50. The van der Waals surface area contributed by atoms with Gasteiger partial charge in [0.25, 0.3) is 0 Å². The number of methoxy groups -OCH3 is 1. The van der Waals surface area contributed by atoms with Crippen LogP contribution in [0.3, 0.4) is 0 Å². The molecule has 1 unspecified atom stereocenters. The van der Waals surface area contributed by atoms with Crippen LogP contribution < -0.4 is 5.32 Å². The van der Waals surface area contributed by atoms with Crippen LogP contribution in [0.25, 0.3) is 0 Å². The van der Waals surface area contributed by atoms with Crippen LogP contribution in [0.5, 0.6) is 0 Å². The standard InChI is InChI=1S/C16H25NO/c1-13-7-6-8-14(11-13)12-15(17-2)16(18-3)9-4-5-10-16/h6-8,11,15,17H,4-5,9-10,12H2,1-3H3. The highest BCUT2D eigenvalue weighted by Gasteiger charge is 2.40. The molecule has 0 bridgehead atoms.